The molecule has 3 aromatic rings. The first kappa shape index (κ1) is 33.5. The highest BCUT2D eigenvalue weighted by molar-refractivity contribution is 9.10. The number of hydrogen-bond donors (Lipinski definition) is 1. The fourth-order valence-electron chi connectivity index (χ4n) is 4.15. The minimum absolute atomic E-state index is 0.0431. The maximum absolute atomic E-state index is 14.1. The van der Waals surface area contributed by atoms with Gasteiger partial charge in [-0.15, -0.1) is 11.8 Å². The van der Waals surface area contributed by atoms with Gasteiger partial charge in [0.2, 0.25) is 11.8 Å². The zero-order chi connectivity index (χ0) is 30.9. The monoisotopic (exact) mass is 675 g/mol. The first-order chi connectivity index (χ1) is 20.0. The van der Waals surface area contributed by atoms with Crippen molar-refractivity contribution in [1.82, 2.24) is 10.2 Å². The van der Waals surface area contributed by atoms with E-state index >= 15 is 0 Å². The van der Waals surface area contributed by atoms with Crippen LogP contribution in [0.25, 0.3) is 0 Å². The maximum Gasteiger partial charge on any atom is 0.264 e. The molecule has 0 aliphatic heterocycles. The zero-order valence-corrected chi connectivity index (χ0v) is 27.8. The van der Waals surface area contributed by atoms with Crippen LogP contribution in [0.2, 0.25) is 0 Å². The van der Waals surface area contributed by atoms with Crippen LogP contribution in [0, 0.1) is 5.92 Å². The maximum atomic E-state index is 14.1. The molecule has 1 atom stereocenters. The molecule has 0 saturated heterocycles. The molecule has 226 valence electrons. The number of sulfonamides is 1. The van der Waals surface area contributed by atoms with Gasteiger partial charge in [0.15, 0.2) is 0 Å². The Labute approximate surface area is 262 Å². The van der Waals surface area contributed by atoms with E-state index in [-0.39, 0.29) is 29.0 Å². The number of halogens is 1. The van der Waals surface area contributed by atoms with Gasteiger partial charge in [-0.05, 0) is 80.1 Å². The van der Waals surface area contributed by atoms with Gasteiger partial charge in [0, 0.05) is 22.5 Å². The van der Waals surface area contributed by atoms with Gasteiger partial charge in [0.05, 0.1) is 17.2 Å². The topological polar surface area (TPSA) is 96.0 Å². The standard InChI is InChI=1S/C31H38BrN3O5S2/c1-6-40-29-10-8-7-9-28(29)35(42(38,39)27-17-15-26(41-5)16-18-27)21-30(36)34(20-24-11-13-25(32)14-12-24)23(4)31(37)33-19-22(2)3/h7-18,22-23H,6,19-21H2,1-5H3,(H,33,37)/t23-/m1/s1. The highest BCUT2D eigenvalue weighted by atomic mass is 79.9. The van der Waals surface area contributed by atoms with Gasteiger partial charge in [-0.1, -0.05) is 54.0 Å². The summed E-state index contributed by atoms with van der Waals surface area (Å²) in [6, 6.07) is 19.8. The van der Waals surface area contributed by atoms with Crippen molar-refractivity contribution in [2.45, 2.75) is 50.1 Å². The third-order valence-corrected chi connectivity index (χ3v) is 9.52. The smallest absolute Gasteiger partial charge is 0.264 e. The number of amides is 2. The Morgan fingerprint density at radius 2 is 1.62 bits per heavy atom. The lowest BCUT2D eigenvalue weighted by molar-refractivity contribution is -0.139. The molecule has 3 aromatic carbocycles. The second kappa shape index (κ2) is 15.5. The van der Waals surface area contributed by atoms with E-state index in [1.165, 1.54) is 28.8 Å². The predicted molar refractivity (Wildman–Crippen MR) is 172 cm³/mol. The number of nitrogens with one attached hydrogen (secondary N) is 1. The molecule has 0 radical (unpaired) electrons. The summed E-state index contributed by atoms with van der Waals surface area (Å²) in [7, 11) is -4.20. The number of nitrogens with zero attached hydrogens (tertiary/aromatic N) is 2. The molecule has 0 aromatic heterocycles. The SMILES string of the molecule is CCOc1ccccc1N(CC(=O)N(Cc1ccc(Br)cc1)[C@H](C)C(=O)NCC(C)C)S(=O)(=O)c1ccc(SC)cc1. The van der Waals surface area contributed by atoms with E-state index in [0.717, 1.165) is 19.2 Å². The van der Waals surface area contributed by atoms with Gasteiger partial charge in [0.25, 0.3) is 10.0 Å². The molecule has 8 nitrogen and oxygen atoms in total. The minimum atomic E-state index is -4.20. The van der Waals surface area contributed by atoms with Crippen LogP contribution in [0.3, 0.4) is 0 Å². The number of para-hydroxylation sites is 2. The zero-order valence-electron chi connectivity index (χ0n) is 24.5. The average molecular weight is 677 g/mol. The van der Waals surface area contributed by atoms with Crippen LogP contribution in [0.4, 0.5) is 5.69 Å². The van der Waals surface area contributed by atoms with Crippen LogP contribution < -0.4 is 14.4 Å². The van der Waals surface area contributed by atoms with Crippen LogP contribution in [-0.4, -0.2) is 57.1 Å². The summed E-state index contributed by atoms with van der Waals surface area (Å²) in [5.41, 5.74) is 1.04. The third-order valence-electron chi connectivity index (χ3n) is 6.48. The Balaban J connectivity index is 2.06. The fourth-order valence-corrected chi connectivity index (χ4v) is 6.25. The third kappa shape index (κ3) is 8.75. The normalized spacial score (nSPS) is 12.1. The van der Waals surface area contributed by atoms with Gasteiger partial charge < -0.3 is 15.0 Å². The van der Waals surface area contributed by atoms with Crippen LogP contribution in [0.5, 0.6) is 5.75 Å². The molecule has 0 aliphatic carbocycles. The Bertz CT molecular complexity index is 1450. The second-order valence-electron chi connectivity index (χ2n) is 10.1. The van der Waals surface area contributed by atoms with Crippen molar-refractivity contribution in [2.24, 2.45) is 5.92 Å². The molecule has 2 amide bonds. The van der Waals surface area contributed by atoms with Crippen molar-refractivity contribution in [3.63, 3.8) is 0 Å². The summed E-state index contributed by atoms with van der Waals surface area (Å²) in [6.45, 7) is 7.78. The number of ether oxygens (including phenoxy) is 1. The van der Waals surface area contributed by atoms with Gasteiger partial charge >= 0.3 is 0 Å². The molecule has 0 spiro atoms. The van der Waals surface area contributed by atoms with E-state index in [2.05, 4.69) is 21.2 Å². The van der Waals surface area contributed by atoms with E-state index in [1.807, 2.05) is 44.4 Å². The van der Waals surface area contributed by atoms with E-state index < -0.39 is 28.5 Å². The molecule has 0 bridgehead atoms. The van der Waals surface area contributed by atoms with Crippen LogP contribution in [0.1, 0.15) is 33.3 Å². The predicted octanol–water partition coefficient (Wildman–Crippen LogP) is 5.95. The number of thioether (sulfide) groups is 1. The van der Waals surface area contributed by atoms with Gasteiger partial charge in [0.1, 0.15) is 18.3 Å². The Hall–Kier alpha value is -3.02. The van der Waals surface area contributed by atoms with Crippen molar-refractivity contribution in [2.75, 3.05) is 30.3 Å². The molecule has 3 rings (SSSR count). The van der Waals surface area contributed by atoms with Crippen molar-refractivity contribution < 1.29 is 22.7 Å². The second-order valence-corrected chi connectivity index (χ2v) is 13.7. The lowest BCUT2D eigenvalue weighted by Crippen LogP contribution is -2.51. The summed E-state index contributed by atoms with van der Waals surface area (Å²) < 4.78 is 36.0. The molecule has 0 heterocycles. The molecule has 11 heteroatoms. The van der Waals surface area contributed by atoms with E-state index in [9.17, 15) is 18.0 Å². The molecule has 0 fully saturated rings. The van der Waals surface area contributed by atoms with Crippen LogP contribution >= 0.6 is 27.7 Å². The van der Waals surface area contributed by atoms with Crippen molar-refractivity contribution in [3.05, 3.63) is 82.8 Å². The van der Waals surface area contributed by atoms with Crippen molar-refractivity contribution in [1.29, 1.82) is 0 Å². The molecular formula is C31H38BrN3O5S2. The summed E-state index contributed by atoms with van der Waals surface area (Å²) in [4.78, 5) is 29.6. The van der Waals surface area contributed by atoms with Gasteiger partial charge in [-0.2, -0.15) is 0 Å². The Morgan fingerprint density at radius 3 is 2.21 bits per heavy atom. The summed E-state index contributed by atoms with van der Waals surface area (Å²) in [5, 5.41) is 2.90. The van der Waals surface area contributed by atoms with E-state index in [1.54, 1.807) is 50.2 Å². The summed E-state index contributed by atoms with van der Waals surface area (Å²) >= 11 is 4.93. The van der Waals surface area contributed by atoms with Crippen molar-refractivity contribution >= 4 is 55.2 Å². The van der Waals surface area contributed by atoms with E-state index in [4.69, 9.17) is 4.74 Å². The lowest BCUT2D eigenvalue weighted by atomic mass is 10.1. The quantitative estimate of drug-likeness (QED) is 0.212. The molecule has 1 N–H and O–H groups in total. The average Bonchev–Trinajstić information content (AvgIpc) is 2.98. The van der Waals surface area contributed by atoms with Crippen molar-refractivity contribution in [3.8, 4) is 5.75 Å². The molecule has 0 aliphatic rings. The number of benzene rings is 3. The van der Waals surface area contributed by atoms with Crippen LogP contribution in [-0.2, 0) is 26.2 Å². The molecule has 0 saturated carbocycles. The number of carbonyl (C=O) groups is 2. The lowest BCUT2D eigenvalue weighted by Gasteiger charge is -2.32. The molecule has 42 heavy (non-hydrogen) atoms. The molecule has 0 unspecified atom stereocenters. The van der Waals surface area contributed by atoms with Crippen LogP contribution in [0.15, 0.2) is 87.1 Å². The number of carbonyl (C=O) groups excluding carboxylic acids is 2. The van der Waals surface area contributed by atoms with Gasteiger partial charge in [-0.3, -0.25) is 13.9 Å². The van der Waals surface area contributed by atoms with E-state index in [0.29, 0.717) is 18.9 Å². The summed E-state index contributed by atoms with van der Waals surface area (Å²) in [6.07, 6.45) is 1.91. The highest BCUT2D eigenvalue weighted by Gasteiger charge is 2.33. The van der Waals surface area contributed by atoms with Gasteiger partial charge in [-0.25, -0.2) is 8.42 Å². The Kier molecular flexibility index (Phi) is 12.3. The number of rotatable bonds is 14. The number of hydrogen-bond acceptors (Lipinski definition) is 6. The highest BCUT2D eigenvalue weighted by Crippen LogP contribution is 2.33. The Morgan fingerprint density at radius 1 is 0.976 bits per heavy atom. The first-order valence-corrected chi connectivity index (χ1v) is 17.1. The largest absolute Gasteiger partial charge is 0.492 e. The number of anilines is 1. The molecular weight excluding hydrogens is 638 g/mol. The minimum Gasteiger partial charge on any atom is -0.492 e. The fraction of sp³-hybridized carbons (Fsp3) is 0.355. The first-order valence-electron chi connectivity index (χ1n) is 13.7. The summed E-state index contributed by atoms with van der Waals surface area (Å²) in [5.74, 6) is -0.282.